The summed E-state index contributed by atoms with van der Waals surface area (Å²) >= 11 is 0. The van der Waals surface area contributed by atoms with Gasteiger partial charge in [-0.1, -0.05) is 25.1 Å². The highest BCUT2D eigenvalue weighted by molar-refractivity contribution is 5.78. The zero-order chi connectivity index (χ0) is 22.7. The van der Waals surface area contributed by atoms with Crippen LogP contribution >= 0.6 is 0 Å². The number of halogens is 1. The van der Waals surface area contributed by atoms with Crippen molar-refractivity contribution in [3.05, 3.63) is 41.6 Å². The highest BCUT2D eigenvalue weighted by atomic mass is 19.1. The quantitative estimate of drug-likeness (QED) is 0.497. The van der Waals surface area contributed by atoms with Crippen LogP contribution < -0.4 is 11.5 Å². The monoisotopic (exact) mass is 440 g/mol. The van der Waals surface area contributed by atoms with Crippen LogP contribution in [0.25, 0.3) is 11.6 Å². The molecule has 5 rings (SSSR count). The molecule has 3 fully saturated rings. The first-order valence-electron chi connectivity index (χ1n) is 12.3. The normalized spacial score (nSPS) is 43.8. The molecular formula is C27H37FN2O2. The third-order valence-electron chi connectivity index (χ3n) is 9.60. The zero-order valence-electron chi connectivity index (χ0n) is 19.1. The lowest BCUT2D eigenvalue weighted by Crippen LogP contribution is -2.62. The van der Waals surface area contributed by atoms with Gasteiger partial charge in [-0.3, -0.25) is 0 Å². The summed E-state index contributed by atoms with van der Waals surface area (Å²) in [5.41, 5.74) is 12.4. The standard InChI is InChI=1S/C27H37FN2O2/c1-25-11-12-26(28)16-20-14-21(31)5-4-17(20)8-10-27(26,32)24(25)7-6-22(25)19-3-2-18(9-13-29)23(30)15-19/h2-3,6,9,13,15,17,20-21,24,31-32H,4-5,7-8,10-12,14,16,29-30H2,1H3/b13-9-/t17?,20?,21?,24?,25?,26?,27-/m0/s1. The third-order valence-corrected chi connectivity index (χ3v) is 9.60. The molecule has 0 saturated heterocycles. The molecule has 0 radical (unpaired) electrons. The fourth-order valence-electron chi connectivity index (χ4n) is 7.81. The average Bonchev–Trinajstić information content (AvgIpc) is 3.05. The van der Waals surface area contributed by atoms with E-state index in [0.29, 0.717) is 50.1 Å². The summed E-state index contributed by atoms with van der Waals surface area (Å²) in [6.45, 7) is 2.21. The average molecular weight is 441 g/mol. The highest BCUT2D eigenvalue weighted by Gasteiger charge is 2.66. The summed E-state index contributed by atoms with van der Waals surface area (Å²) in [6.07, 6.45) is 11.1. The molecular weight excluding hydrogens is 403 g/mol. The topological polar surface area (TPSA) is 92.5 Å². The Hall–Kier alpha value is -1.85. The first-order valence-corrected chi connectivity index (χ1v) is 12.3. The molecule has 3 saturated carbocycles. The van der Waals surface area contributed by atoms with Gasteiger partial charge in [-0.2, -0.15) is 0 Å². The van der Waals surface area contributed by atoms with Gasteiger partial charge < -0.3 is 21.7 Å². The van der Waals surface area contributed by atoms with E-state index in [1.807, 2.05) is 12.1 Å². The predicted molar refractivity (Wildman–Crippen MR) is 127 cm³/mol. The number of hydrogen-bond acceptors (Lipinski definition) is 4. The Bertz CT molecular complexity index is 961. The number of anilines is 1. The predicted octanol–water partition coefficient (Wildman–Crippen LogP) is 4.80. The Morgan fingerprint density at radius 1 is 1.12 bits per heavy atom. The van der Waals surface area contributed by atoms with E-state index < -0.39 is 11.3 Å². The first-order chi connectivity index (χ1) is 15.2. The molecule has 0 aromatic heterocycles. The molecule has 6 unspecified atom stereocenters. The van der Waals surface area contributed by atoms with Crippen LogP contribution in [0.5, 0.6) is 0 Å². The zero-order valence-corrected chi connectivity index (χ0v) is 19.1. The summed E-state index contributed by atoms with van der Waals surface area (Å²) in [6, 6.07) is 6.03. The summed E-state index contributed by atoms with van der Waals surface area (Å²) in [4.78, 5) is 0. The Kier molecular flexibility index (Phi) is 5.21. The SMILES string of the molecule is CC12CCC3(F)CC4CC(O)CCC4CC[C@]3(O)C1CC=C2c1ccc(/C=C\N)c(N)c1. The number of hydrogen-bond donors (Lipinski definition) is 4. The molecule has 6 N–H and O–H groups in total. The van der Waals surface area contributed by atoms with Crippen LogP contribution in [0.3, 0.4) is 0 Å². The fourth-order valence-corrected chi connectivity index (χ4v) is 7.81. The molecule has 1 aromatic carbocycles. The number of nitrogen functional groups attached to an aromatic ring is 1. The van der Waals surface area contributed by atoms with Crippen molar-refractivity contribution < 1.29 is 14.6 Å². The minimum Gasteiger partial charge on any atom is -0.405 e. The van der Waals surface area contributed by atoms with Gasteiger partial charge in [0.15, 0.2) is 0 Å². The van der Waals surface area contributed by atoms with Crippen LogP contribution in [0.4, 0.5) is 10.1 Å². The lowest BCUT2D eigenvalue weighted by Gasteiger charge is -2.56. The highest BCUT2D eigenvalue weighted by Crippen LogP contribution is 2.66. The van der Waals surface area contributed by atoms with Gasteiger partial charge in [0.1, 0.15) is 11.3 Å². The minimum absolute atomic E-state index is 0.140. The molecule has 0 amide bonds. The summed E-state index contributed by atoms with van der Waals surface area (Å²) in [5.74, 6) is 0.459. The summed E-state index contributed by atoms with van der Waals surface area (Å²) < 4.78 is 16.7. The number of allylic oxidation sites excluding steroid dienone is 2. The number of benzene rings is 1. The van der Waals surface area contributed by atoms with Crippen molar-refractivity contribution in [2.45, 2.75) is 82.1 Å². The summed E-state index contributed by atoms with van der Waals surface area (Å²) in [7, 11) is 0. The van der Waals surface area contributed by atoms with Crippen molar-refractivity contribution in [1.29, 1.82) is 0 Å². The van der Waals surface area contributed by atoms with E-state index in [4.69, 9.17) is 11.5 Å². The van der Waals surface area contributed by atoms with Crippen LogP contribution in [0.1, 0.15) is 75.8 Å². The molecule has 4 aliphatic rings. The van der Waals surface area contributed by atoms with Gasteiger partial charge in [-0.25, -0.2) is 4.39 Å². The van der Waals surface area contributed by atoms with Crippen molar-refractivity contribution in [2.75, 3.05) is 5.73 Å². The molecule has 32 heavy (non-hydrogen) atoms. The number of alkyl halides is 1. The molecule has 174 valence electrons. The van der Waals surface area contributed by atoms with Crippen molar-refractivity contribution in [3.63, 3.8) is 0 Å². The minimum atomic E-state index is -1.58. The Morgan fingerprint density at radius 3 is 2.69 bits per heavy atom. The Labute approximate surface area is 190 Å². The molecule has 4 aliphatic carbocycles. The Morgan fingerprint density at radius 2 is 1.94 bits per heavy atom. The van der Waals surface area contributed by atoms with Crippen LogP contribution in [-0.4, -0.2) is 27.6 Å². The molecule has 0 heterocycles. The van der Waals surface area contributed by atoms with Crippen molar-refractivity contribution >= 4 is 17.3 Å². The maximum Gasteiger partial charge on any atom is 0.140 e. The number of nitrogens with two attached hydrogens (primary N) is 2. The Balaban J connectivity index is 1.47. The summed E-state index contributed by atoms with van der Waals surface area (Å²) in [5, 5.41) is 22.3. The second kappa shape index (κ2) is 7.59. The van der Waals surface area contributed by atoms with E-state index in [1.54, 1.807) is 6.08 Å². The molecule has 0 bridgehead atoms. The van der Waals surface area contributed by atoms with Crippen molar-refractivity contribution in [3.8, 4) is 0 Å². The molecule has 0 aliphatic heterocycles. The van der Waals surface area contributed by atoms with Gasteiger partial charge >= 0.3 is 0 Å². The lowest BCUT2D eigenvalue weighted by atomic mass is 9.53. The second-order valence-electron chi connectivity index (χ2n) is 11.1. The van der Waals surface area contributed by atoms with E-state index in [1.165, 1.54) is 11.8 Å². The van der Waals surface area contributed by atoms with Gasteiger partial charge in [0.25, 0.3) is 0 Å². The molecule has 1 aromatic rings. The first kappa shape index (κ1) is 22.0. The number of aliphatic hydroxyl groups excluding tert-OH is 1. The molecule has 5 heteroatoms. The molecule has 4 nitrogen and oxygen atoms in total. The van der Waals surface area contributed by atoms with E-state index in [9.17, 15) is 10.2 Å². The third kappa shape index (κ3) is 3.15. The van der Waals surface area contributed by atoms with Gasteiger partial charge in [0.2, 0.25) is 0 Å². The van der Waals surface area contributed by atoms with Crippen LogP contribution in [0.2, 0.25) is 0 Å². The number of aliphatic hydroxyl groups is 2. The smallest absolute Gasteiger partial charge is 0.140 e. The largest absolute Gasteiger partial charge is 0.405 e. The second-order valence-corrected chi connectivity index (χ2v) is 11.1. The van der Waals surface area contributed by atoms with Crippen LogP contribution in [0.15, 0.2) is 30.5 Å². The van der Waals surface area contributed by atoms with E-state index in [0.717, 1.165) is 30.4 Å². The number of fused-ring (bicyclic) bond motifs is 4. The van der Waals surface area contributed by atoms with Crippen molar-refractivity contribution in [1.82, 2.24) is 0 Å². The van der Waals surface area contributed by atoms with E-state index in [2.05, 4.69) is 19.1 Å². The fraction of sp³-hybridized carbons (Fsp3) is 0.630. The lowest BCUT2D eigenvalue weighted by molar-refractivity contribution is -0.195. The molecule has 0 spiro atoms. The van der Waals surface area contributed by atoms with Crippen LogP contribution in [-0.2, 0) is 0 Å². The molecule has 7 atom stereocenters. The van der Waals surface area contributed by atoms with E-state index >= 15 is 4.39 Å². The maximum atomic E-state index is 16.7. The van der Waals surface area contributed by atoms with Gasteiger partial charge in [-0.15, -0.1) is 0 Å². The van der Waals surface area contributed by atoms with Gasteiger partial charge in [0, 0.05) is 11.6 Å². The van der Waals surface area contributed by atoms with Gasteiger partial charge in [0.05, 0.1) is 6.10 Å². The van der Waals surface area contributed by atoms with Gasteiger partial charge in [-0.05, 0) is 110 Å². The number of rotatable bonds is 2. The van der Waals surface area contributed by atoms with Crippen molar-refractivity contribution in [2.24, 2.45) is 28.9 Å². The van der Waals surface area contributed by atoms with Crippen LogP contribution in [0, 0.1) is 23.2 Å². The maximum absolute atomic E-state index is 16.7. The van der Waals surface area contributed by atoms with E-state index in [-0.39, 0.29) is 23.4 Å².